The van der Waals surface area contributed by atoms with Gasteiger partial charge < -0.3 is 20.4 Å². The highest BCUT2D eigenvalue weighted by molar-refractivity contribution is 5.81. The van der Waals surface area contributed by atoms with Gasteiger partial charge in [-0.05, 0) is 65.8 Å². The molecule has 2 aliphatic heterocycles. The predicted octanol–water partition coefficient (Wildman–Crippen LogP) is 2.60. The molecule has 0 radical (unpaired) electrons. The number of nitrogens with one attached hydrogen (secondary N) is 2. The summed E-state index contributed by atoms with van der Waals surface area (Å²) in [6.07, 6.45) is 9.20. The van der Waals surface area contributed by atoms with Gasteiger partial charge in [0, 0.05) is 51.2 Å². The van der Waals surface area contributed by atoms with Crippen molar-refractivity contribution >= 4 is 11.9 Å². The van der Waals surface area contributed by atoms with Crippen LogP contribution in [0.4, 0.5) is 0 Å². The average Bonchev–Trinajstić information content (AvgIpc) is 2.66. The first kappa shape index (κ1) is 22.0. The van der Waals surface area contributed by atoms with Gasteiger partial charge in [-0.2, -0.15) is 0 Å². The van der Waals surface area contributed by atoms with Gasteiger partial charge >= 0.3 is 0 Å². The number of rotatable bonds is 8. The summed E-state index contributed by atoms with van der Waals surface area (Å²) in [5.41, 5.74) is 0. The van der Waals surface area contributed by atoms with Crippen molar-refractivity contribution in [2.75, 3.05) is 39.3 Å². The SMILES string of the molecule is CCNC(=NCCCN1CCCCC1C)NCCC(=O)N1CCCCC1C. The summed E-state index contributed by atoms with van der Waals surface area (Å²) in [4.78, 5) is 21.8. The number of guanidine groups is 1. The van der Waals surface area contributed by atoms with Crippen molar-refractivity contribution in [1.29, 1.82) is 0 Å². The second-order valence-corrected chi connectivity index (χ2v) is 8.10. The van der Waals surface area contributed by atoms with Gasteiger partial charge in [-0.25, -0.2) is 0 Å². The van der Waals surface area contributed by atoms with Crippen molar-refractivity contribution in [3.8, 4) is 0 Å². The Morgan fingerprint density at radius 1 is 1.04 bits per heavy atom. The molecule has 2 fully saturated rings. The number of hydrogen-bond donors (Lipinski definition) is 2. The lowest BCUT2D eigenvalue weighted by molar-refractivity contribution is -0.134. The Morgan fingerprint density at radius 3 is 2.48 bits per heavy atom. The van der Waals surface area contributed by atoms with E-state index in [1.807, 2.05) is 0 Å². The largest absolute Gasteiger partial charge is 0.357 e. The third-order valence-corrected chi connectivity index (χ3v) is 5.91. The Hall–Kier alpha value is -1.30. The highest BCUT2D eigenvalue weighted by atomic mass is 16.2. The van der Waals surface area contributed by atoms with E-state index in [1.165, 1.54) is 32.2 Å². The molecule has 0 aliphatic carbocycles. The summed E-state index contributed by atoms with van der Waals surface area (Å²) in [5.74, 6) is 1.10. The predicted molar refractivity (Wildman–Crippen MR) is 113 cm³/mol. The molecular weight excluding hydrogens is 338 g/mol. The molecule has 0 aromatic rings. The second-order valence-electron chi connectivity index (χ2n) is 8.10. The van der Waals surface area contributed by atoms with Crippen LogP contribution in [0.1, 0.15) is 72.1 Å². The summed E-state index contributed by atoms with van der Waals surface area (Å²) in [6.45, 7) is 12.2. The van der Waals surface area contributed by atoms with Crippen LogP contribution >= 0.6 is 0 Å². The number of piperidine rings is 2. The molecule has 2 saturated heterocycles. The van der Waals surface area contributed by atoms with Crippen LogP contribution in [0.3, 0.4) is 0 Å². The lowest BCUT2D eigenvalue weighted by Crippen LogP contribution is -2.44. The minimum Gasteiger partial charge on any atom is -0.357 e. The molecule has 0 aromatic heterocycles. The van der Waals surface area contributed by atoms with Crippen LogP contribution in [-0.4, -0.2) is 73.0 Å². The maximum atomic E-state index is 12.4. The van der Waals surface area contributed by atoms with Crippen LogP contribution in [0, 0.1) is 0 Å². The van der Waals surface area contributed by atoms with E-state index >= 15 is 0 Å². The molecule has 2 rings (SSSR count). The first-order valence-electron chi connectivity index (χ1n) is 11.2. The molecule has 2 heterocycles. The highest BCUT2D eigenvalue weighted by Crippen LogP contribution is 2.17. The van der Waals surface area contributed by atoms with E-state index in [0.717, 1.165) is 57.4 Å². The Kier molecular flexibility index (Phi) is 9.95. The zero-order valence-electron chi connectivity index (χ0n) is 17.8. The maximum Gasteiger partial charge on any atom is 0.224 e. The standard InChI is InChI=1S/C21H41N5O/c1-4-22-21(23-13-9-16-25-15-7-5-10-18(25)2)24-14-12-20(27)26-17-8-6-11-19(26)3/h18-19H,4-17H2,1-3H3,(H2,22,23,24). The number of carbonyl (C=O) groups is 1. The molecule has 0 bridgehead atoms. The molecule has 1 amide bonds. The zero-order valence-corrected chi connectivity index (χ0v) is 17.8. The van der Waals surface area contributed by atoms with Crippen LogP contribution in [0.5, 0.6) is 0 Å². The number of likely N-dealkylation sites (tertiary alicyclic amines) is 2. The van der Waals surface area contributed by atoms with Gasteiger partial charge in [0.25, 0.3) is 0 Å². The molecule has 0 saturated carbocycles. The van der Waals surface area contributed by atoms with Crippen molar-refractivity contribution < 1.29 is 4.79 Å². The highest BCUT2D eigenvalue weighted by Gasteiger charge is 2.22. The minimum absolute atomic E-state index is 0.268. The van der Waals surface area contributed by atoms with E-state index < -0.39 is 0 Å². The van der Waals surface area contributed by atoms with Gasteiger partial charge in [0.05, 0.1) is 0 Å². The molecule has 6 heteroatoms. The molecule has 2 aliphatic rings. The summed E-state index contributed by atoms with van der Waals surface area (Å²) in [5, 5.41) is 6.62. The number of hydrogen-bond acceptors (Lipinski definition) is 3. The van der Waals surface area contributed by atoms with Gasteiger partial charge in [-0.3, -0.25) is 9.79 Å². The molecule has 27 heavy (non-hydrogen) atoms. The van der Waals surface area contributed by atoms with Gasteiger partial charge in [0.15, 0.2) is 5.96 Å². The van der Waals surface area contributed by atoms with Gasteiger partial charge in [0.1, 0.15) is 0 Å². The third-order valence-electron chi connectivity index (χ3n) is 5.91. The topological polar surface area (TPSA) is 60.0 Å². The quantitative estimate of drug-likeness (QED) is 0.387. The molecule has 0 spiro atoms. The molecule has 2 N–H and O–H groups in total. The second kappa shape index (κ2) is 12.2. The van der Waals surface area contributed by atoms with Crippen LogP contribution in [0.25, 0.3) is 0 Å². The smallest absolute Gasteiger partial charge is 0.224 e. The van der Waals surface area contributed by atoms with E-state index in [0.29, 0.717) is 19.0 Å². The van der Waals surface area contributed by atoms with Gasteiger partial charge in [-0.15, -0.1) is 0 Å². The number of aliphatic imine (C=N–C) groups is 1. The van der Waals surface area contributed by atoms with E-state index in [9.17, 15) is 4.79 Å². The first-order valence-corrected chi connectivity index (χ1v) is 11.2. The van der Waals surface area contributed by atoms with Crippen molar-refractivity contribution in [1.82, 2.24) is 20.4 Å². The Labute approximate surface area is 166 Å². The van der Waals surface area contributed by atoms with Crippen molar-refractivity contribution in [3.63, 3.8) is 0 Å². The van der Waals surface area contributed by atoms with Gasteiger partial charge in [0.2, 0.25) is 5.91 Å². The average molecular weight is 380 g/mol. The Bertz CT molecular complexity index is 467. The zero-order chi connectivity index (χ0) is 19.5. The maximum absolute atomic E-state index is 12.4. The molecule has 6 nitrogen and oxygen atoms in total. The van der Waals surface area contributed by atoms with E-state index in [-0.39, 0.29) is 5.91 Å². The van der Waals surface area contributed by atoms with Crippen LogP contribution in [0.2, 0.25) is 0 Å². The molecule has 2 unspecified atom stereocenters. The van der Waals surface area contributed by atoms with Crippen molar-refractivity contribution in [2.45, 2.75) is 84.2 Å². The minimum atomic E-state index is 0.268. The number of carbonyl (C=O) groups excluding carboxylic acids is 1. The Morgan fingerprint density at radius 2 is 1.78 bits per heavy atom. The lowest BCUT2D eigenvalue weighted by atomic mass is 10.0. The van der Waals surface area contributed by atoms with Crippen LogP contribution in [0.15, 0.2) is 4.99 Å². The van der Waals surface area contributed by atoms with E-state index in [4.69, 9.17) is 4.99 Å². The lowest BCUT2D eigenvalue weighted by Gasteiger charge is -2.33. The van der Waals surface area contributed by atoms with Crippen molar-refractivity contribution in [2.24, 2.45) is 4.99 Å². The summed E-state index contributed by atoms with van der Waals surface area (Å²) < 4.78 is 0. The monoisotopic (exact) mass is 379 g/mol. The molecule has 156 valence electrons. The molecule has 2 atom stereocenters. The fourth-order valence-electron chi connectivity index (χ4n) is 4.20. The van der Waals surface area contributed by atoms with E-state index in [2.05, 4.69) is 41.2 Å². The van der Waals surface area contributed by atoms with Crippen LogP contribution < -0.4 is 10.6 Å². The fourth-order valence-corrected chi connectivity index (χ4v) is 4.20. The van der Waals surface area contributed by atoms with Gasteiger partial charge in [-0.1, -0.05) is 6.42 Å². The number of amides is 1. The van der Waals surface area contributed by atoms with Crippen LogP contribution in [-0.2, 0) is 4.79 Å². The third kappa shape index (κ3) is 7.68. The normalized spacial score (nSPS) is 24.7. The van der Waals surface area contributed by atoms with Crippen molar-refractivity contribution in [3.05, 3.63) is 0 Å². The molecular formula is C21H41N5O. The van der Waals surface area contributed by atoms with E-state index in [1.54, 1.807) is 0 Å². The summed E-state index contributed by atoms with van der Waals surface area (Å²) in [6, 6.07) is 1.11. The summed E-state index contributed by atoms with van der Waals surface area (Å²) in [7, 11) is 0. The first-order chi connectivity index (χ1) is 13.1. The Balaban J connectivity index is 1.67. The fraction of sp³-hybridized carbons (Fsp3) is 0.905. The number of nitrogens with zero attached hydrogens (tertiary/aromatic N) is 3. The molecule has 0 aromatic carbocycles. The summed E-state index contributed by atoms with van der Waals surface area (Å²) >= 11 is 0.